The highest BCUT2D eigenvalue weighted by molar-refractivity contribution is 6.07. The van der Waals surface area contributed by atoms with Gasteiger partial charge in [0.25, 0.3) is 11.8 Å². The fourth-order valence-corrected chi connectivity index (χ4v) is 1.39. The van der Waals surface area contributed by atoms with Gasteiger partial charge in [-0.3, -0.25) is 14.7 Å². The highest BCUT2D eigenvalue weighted by Gasteiger charge is 2.16. The first-order valence-corrected chi connectivity index (χ1v) is 4.98. The highest BCUT2D eigenvalue weighted by Crippen LogP contribution is 2.13. The number of benzene rings is 1. The summed E-state index contributed by atoms with van der Waals surface area (Å²) in [5.74, 6) is -2.06. The van der Waals surface area contributed by atoms with E-state index < -0.39 is 17.6 Å². The first kappa shape index (κ1) is 11.8. The summed E-state index contributed by atoms with van der Waals surface area (Å²) >= 11 is 0. The maximum Gasteiger partial charge on any atom is 0.259 e. The molecular weight excluding hydrogens is 239 g/mol. The minimum atomic E-state index is -0.743. The number of nitrogens with two attached hydrogens (primary N) is 1. The maximum atomic E-state index is 13.3. The lowest BCUT2D eigenvalue weighted by Crippen LogP contribution is -2.18. The van der Waals surface area contributed by atoms with Crippen LogP contribution < -0.4 is 11.1 Å². The Hall–Kier alpha value is -2.70. The molecule has 0 saturated heterocycles. The smallest absolute Gasteiger partial charge is 0.259 e. The number of rotatable bonds is 3. The van der Waals surface area contributed by atoms with Gasteiger partial charge < -0.3 is 11.1 Å². The van der Waals surface area contributed by atoms with E-state index in [2.05, 4.69) is 15.5 Å². The Labute approximate surface area is 101 Å². The number of nitrogens with one attached hydrogen (secondary N) is 2. The molecule has 0 radical (unpaired) electrons. The zero-order valence-electron chi connectivity index (χ0n) is 9.11. The standard InChI is InChI=1S/C11H9FN4O2/c12-8-4-2-1-3-6(8)11(18)15-10-7(9(13)17)5-14-16-10/h1-5H,(H2,13,17)(H2,14,15,16,18). The third-order valence-corrected chi connectivity index (χ3v) is 2.26. The second-order valence-electron chi connectivity index (χ2n) is 3.46. The molecule has 0 aliphatic carbocycles. The first-order chi connectivity index (χ1) is 8.59. The normalized spacial score (nSPS) is 10.1. The van der Waals surface area contributed by atoms with Gasteiger partial charge in [-0.25, -0.2) is 4.39 Å². The van der Waals surface area contributed by atoms with E-state index in [-0.39, 0.29) is 16.9 Å². The summed E-state index contributed by atoms with van der Waals surface area (Å²) in [4.78, 5) is 22.8. The lowest BCUT2D eigenvalue weighted by Gasteiger charge is -2.04. The molecule has 0 fully saturated rings. The van der Waals surface area contributed by atoms with Crippen LogP contribution in [-0.4, -0.2) is 22.0 Å². The van der Waals surface area contributed by atoms with Gasteiger partial charge in [0.1, 0.15) is 17.2 Å². The molecule has 6 nitrogen and oxygen atoms in total. The molecule has 7 heteroatoms. The van der Waals surface area contributed by atoms with E-state index in [1.54, 1.807) is 0 Å². The van der Waals surface area contributed by atoms with Crippen LogP contribution in [0.15, 0.2) is 30.5 Å². The van der Waals surface area contributed by atoms with Crippen LogP contribution in [0, 0.1) is 5.82 Å². The van der Waals surface area contributed by atoms with Crippen LogP contribution in [0.1, 0.15) is 20.7 Å². The minimum Gasteiger partial charge on any atom is -0.365 e. The zero-order valence-corrected chi connectivity index (χ0v) is 9.11. The van der Waals surface area contributed by atoms with Crippen LogP contribution >= 0.6 is 0 Å². The number of aromatic nitrogens is 2. The first-order valence-electron chi connectivity index (χ1n) is 4.98. The van der Waals surface area contributed by atoms with Crippen molar-refractivity contribution in [3.05, 3.63) is 47.4 Å². The second-order valence-corrected chi connectivity index (χ2v) is 3.46. The Kier molecular flexibility index (Phi) is 3.05. The third kappa shape index (κ3) is 2.19. The van der Waals surface area contributed by atoms with Gasteiger partial charge in [0.15, 0.2) is 0 Å². The van der Waals surface area contributed by atoms with Crippen molar-refractivity contribution in [3.63, 3.8) is 0 Å². The SMILES string of the molecule is NC(=O)c1cn[nH]c1NC(=O)c1ccccc1F. The molecule has 1 aromatic heterocycles. The molecule has 1 heterocycles. The van der Waals surface area contributed by atoms with Crippen LogP contribution in [0.25, 0.3) is 0 Å². The Bertz CT molecular complexity index is 609. The van der Waals surface area contributed by atoms with Gasteiger partial charge >= 0.3 is 0 Å². The van der Waals surface area contributed by atoms with Crippen molar-refractivity contribution >= 4 is 17.6 Å². The van der Waals surface area contributed by atoms with E-state index in [1.807, 2.05) is 0 Å². The van der Waals surface area contributed by atoms with Gasteiger partial charge in [0, 0.05) is 0 Å². The van der Waals surface area contributed by atoms with E-state index >= 15 is 0 Å². The molecule has 18 heavy (non-hydrogen) atoms. The van der Waals surface area contributed by atoms with Gasteiger partial charge in [0.2, 0.25) is 0 Å². The Morgan fingerprint density at radius 1 is 1.28 bits per heavy atom. The fourth-order valence-electron chi connectivity index (χ4n) is 1.39. The molecule has 1 aromatic carbocycles. The third-order valence-electron chi connectivity index (χ3n) is 2.26. The number of carbonyl (C=O) groups excluding carboxylic acids is 2. The van der Waals surface area contributed by atoms with Crippen molar-refractivity contribution in [2.45, 2.75) is 0 Å². The van der Waals surface area contributed by atoms with E-state index in [0.717, 1.165) is 6.07 Å². The minimum absolute atomic E-state index is 0.0275. The molecule has 0 spiro atoms. The van der Waals surface area contributed by atoms with Crippen molar-refractivity contribution in [2.75, 3.05) is 5.32 Å². The van der Waals surface area contributed by atoms with E-state index in [9.17, 15) is 14.0 Å². The molecule has 2 aromatic rings. The van der Waals surface area contributed by atoms with E-state index in [0.29, 0.717) is 0 Å². The van der Waals surface area contributed by atoms with Gasteiger partial charge in [-0.05, 0) is 12.1 Å². The molecule has 2 rings (SSSR count). The average Bonchev–Trinajstić information content (AvgIpc) is 2.77. The van der Waals surface area contributed by atoms with Crippen molar-refractivity contribution < 1.29 is 14.0 Å². The molecule has 0 saturated carbocycles. The number of amides is 2. The van der Waals surface area contributed by atoms with Crippen molar-refractivity contribution in [2.24, 2.45) is 5.73 Å². The molecule has 0 aliphatic rings. The number of hydrogen-bond donors (Lipinski definition) is 3. The number of H-pyrrole nitrogens is 1. The molecule has 2 amide bonds. The number of anilines is 1. The summed E-state index contributed by atoms with van der Waals surface area (Å²) in [6.45, 7) is 0. The zero-order chi connectivity index (χ0) is 13.1. The number of aromatic amines is 1. The molecule has 92 valence electrons. The lowest BCUT2D eigenvalue weighted by molar-refractivity contribution is 0.100. The van der Waals surface area contributed by atoms with Crippen LogP contribution in [0.5, 0.6) is 0 Å². The average molecular weight is 248 g/mol. The van der Waals surface area contributed by atoms with Crippen LogP contribution in [-0.2, 0) is 0 Å². The van der Waals surface area contributed by atoms with Crippen LogP contribution in [0.3, 0.4) is 0 Å². The number of hydrogen-bond acceptors (Lipinski definition) is 3. The maximum absolute atomic E-state index is 13.3. The summed E-state index contributed by atoms with van der Waals surface area (Å²) in [6, 6.07) is 5.49. The number of nitrogens with zero attached hydrogens (tertiary/aromatic N) is 1. The van der Waals surface area contributed by atoms with Crippen molar-refractivity contribution in [3.8, 4) is 0 Å². The highest BCUT2D eigenvalue weighted by atomic mass is 19.1. The lowest BCUT2D eigenvalue weighted by atomic mass is 10.2. The Balaban J connectivity index is 2.25. The van der Waals surface area contributed by atoms with Crippen molar-refractivity contribution in [1.29, 1.82) is 0 Å². The van der Waals surface area contributed by atoms with E-state index in [1.165, 1.54) is 24.4 Å². The number of halogens is 1. The van der Waals surface area contributed by atoms with Crippen LogP contribution in [0.4, 0.5) is 10.2 Å². The summed E-state index contributed by atoms with van der Waals surface area (Å²) in [7, 11) is 0. The quantitative estimate of drug-likeness (QED) is 0.752. The fraction of sp³-hybridized carbons (Fsp3) is 0. The van der Waals surface area contributed by atoms with Gasteiger partial charge in [-0.15, -0.1) is 0 Å². The largest absolute Gasteiger partial charge is 0.365 e. The Morgan fingerprint density at radius 3 is 2.67 bits per heavy atom. The van der Waals surface area contributed by atoms with Gasteiger partial charge in [0.05, 0.1) is 11.8 Å². The van der Waals surface area contributed by atoms with E-state index in [4.69, 9.17) is 5.73 Å². The summed E-state index contributed by atoms with van der Waals surface area (Å²) in [5.41, 5.74) is 4.97. The molecule has 0 atom stereocenters. The summed E-state index contributed by atoms with van der Waals surface area (Å²) in [5, 5.41) is 8.31. The molecule has 0 aliphatic heterocycles. The monoisotopic (exact) mass is 248 g/mol. The topological polar surface area (TPSA) is 101 Å². The number of primary amides is 1. The molecular formula is C11H9FN4O2. The summed E-state index contributed by atoms with van der Waals surface area (Å²) < 4.78 is 13.3. The van der Waals surface area contributed by atoms with Crippen LogP contribution in [0.2, 0.25) is 0 Å². The molecule has 0 bridgehead atoms. The van der Waals surface area contributed by atoms with Gasteiger partial charge in [-0.1, -0.05) is 12.1 Å². The van der Waals surface area contributed by atoms with Crippen molar-refractivity contribution in [1.82, 2.24) is 10.2 Å². The second kappa shape index (κ2) is 4.66. The molecule has 0 unspecified atom stereocenters. The predicted molar refractivity (Wildman–Crippen MR) is 61.5 cm³/mol. The molecule has 4 N–H and O–H groups in total. The Morgan fingerprint density at radius 2 is 2.00 bits per heavy atom. The number of carbonyl (C=O) groups is 2. The summed E-state index contributed by atoms with van der Waals surface area (Å²) in [6.07, 6.45) is 1.18. The predicted octanol–water partition coefficient (Wildman–Crippen LogP) is 0.900. The van der Waals surface area contributed by atoms with Gasteiger partial charge in [-0.2, -0.15) is 5.10 Å².